The van der Waals surface area contributed by atoms with Gasteiger partial charge in [-0.15, -0.1) is 0 Å². The van der Waals surface area contributed by atoms with Gasteiger partial charge in [-0.1, -0.05) is 24.3 Å². The number of ether oxygens (including phenoxy) is 1. The standard InChI is InChI=1S/C29H27N7O2/c1-19-14-22(17-23(15-19)38-2)33-28-27(35-24-8-3-4-9-25(24)36-28)32-11-10-20-6-5-7-21(16-20)34-29(37)26-18-30-12-13-31-26/h3-9,12-18H,10-11H2,1-2H3,(H,32,35)(H,33,36)(H,34,37). The Kier molecular flexibility index (Phi) is 7.35. The van der Waals surface area contributed by atoms with Crippen LogP contribution in [-0.4, -0.2) is 39.5 Å². The Morgan fingerprint density at radius 2 is 1.71 bits per heavy atom. The lowest BCUT2D eigenvalue weighted by Crippen LogP contribution is -2.14. The minimum Gasteiger partial charge on any atom is -0.497 e. The lowest BCUT2D eigenvalue weighted by molar-refractivity contribution is 0.102. The number of nitrogens with zero attached hydrogens (tertiary/aromatic N) is 4. The molecule has 5 aromatic rings. The molecule has 0 radical (unpaired) electrons. The van der Waals surface area contributed by atoms with Gasteiger partial charge in [0.05, 0.1) is 24.3 Å². The van der Waals surface area contributed by atoms with E-state index in [1.54, 1.807) is 7.11 Å². The molecule has 0 aliphatic carbocycles. The molecule has 2 heterocycles. The number of nitrogens with one attached hydrogen (secondary N) is 3. The highest BCUT2D eigenvalue weighted by Crippen LogP contribution is 2.28. The fourth-order valence-electron chi connectivity index (χ4n) is 4.03. The zero-order valence-electron chi connectivity index (χ0n) is 21.1. The van der Waals surface area contributed by atoms with Crippen molar-refractivity contribution in [3.63, 3.8) is 0 Å². The number of aryl methyl sites for hydroxylation is 1. The minimum atomic E-state index is -0.302. The van der Waals surface area contributed by atoms with E-state index in [4.69, 9.17) is 14.7 Å². The second kappa shape index (κ2) is 11.3. The summed E-state index contributed by atoms with van der Waals surface area (Å²) in [6.07, 6.45) is 5.17. The molecule has 9 heteroatoms. The van der Waals surface area contributed by atoms with Crippen LogP contribution >= 0.6 is 0 Å². The Hall–Kier alpha value is -5.05. The van der Waals surface area contributed by atoms with Crippen molar-refractivity contribution in [2.75, 3.05) is 29.6 Å². The molecule has 1 amide bonds. The Morgan fingerprint density at radius 1 is 0.895 bits per heavy atom. The van der Waals surface area contributed by atoms with Crippen LogP contribution in [0.3, 0.4) is 0 Å². The first-order valence-electron chi connectivity index (χ1n) is 12.2. The lowest BCUT2D eigenvalue weighted by Gasteiger charge is -2.15. The summed E-state index contributed by atoms with van der Waals surface area (Å²) in [5.74, 6) is 1.74. The Labute approximate surface area is 220 Å². The molecule has 9 nitrogen and oxygen atoms in total. The zero-order valence-corrected chi connectivity index (χ0v) is 21.1. The number of fused-ring (bicyclic) bond motifs is 1. The minimum absolute atomic E-state index is 0.265. The maximum Gasteiger partial charge on any atom is 0.275 e. The number of para-hydroxylation sites is 2. The van der Waals surface area contributed by atoms with Gasteiger partial charge in [0.2, 0.25) is 0 Å². The SMILES string of the molecule is COc1cc(C)cc(Nc2nc3ccccc3nc2NCCc2cccc(NC(=O)c3cnccn3)c2)c1. The first-order chi connectivity index (χ1) is 18.6. The fourth-order valence-corrected chi connectivity index (χ4v) is 4.03. The lowest BCUT2D eigenvalue weighted by atomic mass is 10.1. The Balaban J connectivity index is 1.31. The first kappa shape index (κ1) is 24.6. The van der Waals surface area contributed by atoms with Gasteiger partial charge < -0.3 is 20.7 Å². The van der Waals surface area contributed by atoms with E-state index in [0.29, 0.717) is 30.3 Å². The van der Waals surface area contributed by atoms with Crippen LogP contribution in [0.5, 0.6) is 5.75 Å². The molecule has 0 atom stereocenters. The van der Waals surface area contributed by atoms with E-state index in [1.807, 2.05) is 73.7 Å². The van der Waals surface area contributed by atoms with Crippen molar-refractivity contribution >= 4 is 40.0 Å². The molecule has 0 fully saturated rings. The van der Waals surface area contributed by atoms with Gasteiger partial charge in [0.25, 0.3) is 5.91 Å². The van der Waals surface area contributed by atoms with E-state index >= 15 is 0 Å². The molecule has 0 saturated heterocycles. The number of methoxy groups -OCH3 is 1. The van der Waals surface area contributed by atoms with Crippen LogP contribution in [0.25, 0.3) is 11.0 Å². The van der Waals surface area contributed by atoms with Crippen LogP contribution in [0, 0.1) is 6.92 Å². The molecule has 0 aliphatic rings. The average Bonchev–Trinajstić information content (AvgIpc) is 2.93. The van der Waals surface area contributed by atoms with E-state index in [9.17, 15) is 4.79 Å². The molecule has 2 aromatic heterocycles. The molecule has 190 valence electrons. The van der Waals surface area contributed by atoms with Crippen molar-refractivity contribution in [1.82, 2.24) is 19.9 Å². The highest BCUT2D eigenvalue weighted by molar-refractivity contribution is 6.02. The number of carbonyl (C=O) groups is 1. The van der Waals surface area contributed by atoms with E-state index in [0.717, 1.165) is 33.6 Å². The second-order valence-corrected chi connectivity index (χ2v) is 8.70. The van der Waals surface area contributed by atoms with Crippen LogP contribution in [-0.2, 0) is 6.42 Å². The summed E-state index contributed by atoms with van der Waals surface area (Å²) >= 11 is 0. The van der Waals surface area contributed by atoms with Crippen molar-refractivity contribution in [1.29, 1.82) is 0 Å². The van der Waals surface area contributed by atoms with Gasteiger partial charge in [0.1, 0.15) is 11.4 Å². The number of amides is 1. The summed E-state index contributed by atoms with van der Waals surface area (Å²) in [6, 6.07) is 21.4. The van der Waals surface area contributed by atoms with Crippen LogP contribution in [0.1, 0.15) is 21.6 Å². The largest absolute Gasteiger partial charge is 0.497 e. The molecule has 3 aromatic carbocycles. The molecule has 0 spiro atoms. The predicted molar refractivity (Wildman–Crippen MR) is 149 cm³/mol. The van der Waals surface area contributed by atoms with E-state index < -0.39 is 0 Å². The fraction of sp³-hybridized carbons (Fsp3) is 0.138. The molecule has 3 N–H and O–H groups in total. The molecular formula is C29H27N7O2. The van der Waals surface area contributed by atoms with E-state index in [-0.39, 0.29) is 11.6 Å². The number of anilines is 4. The third-order valence-electron chi connectivity index (χ3n) is 5.81. The average molecular weight is 506 g/mol. The van der Waals surface area contributed by atoms with Gasteiger partial charge in [0.15, 0.2) is 11.6 Å². The van der Waals surface area contributed by atoms with Gasteiger partial charge in [-0.2, -0.15) is 0 Å². The summed E-state index contributed by atoms with van der Waals surface area (Å²) in [7, 11) is 1.65. The molecule has 5 rings (SSSR count). The highest BCUT2D eigenvalue weighted by Gasteiger charge is 2.11. The van der Waals surface area contributed by atoms with Crippen molar-refractivity contribution in [2.24, 2.45) is 0 Å². The van der Waals surface area contributed by atoms with Gasteiger partial charge >= 0.3 is 0 Å². The quantitative estimate of drug-likeness (QED) is 0.244. The monoisotopic (exact) mass is 505 g/mol. The molecule has 0 bridgehead atoms. The molecular weight excluding hydrogens is 478 g/mol. The van der Waals surface area contributed by atoms with Gasteiger partial charge in [-0.25, -0.2) is 15.0 Å². The Morgan fingerprint density at radius 3 is 2.47 bits per heavy atom. The van der Waals surface area contributed by atoms with E-state index in [1.165, 1.54) is 18.6 Å². The zero-order chi connectivity index (χ0) is 26.3. The van der Waals surface area contributed by atoms with Crippen LogP contribution in [0.4, 0.5) is 23.0 Å². The van der Waals surface area contributed by atoms with Crippen molar-refractivity contribution in [3.8, 4) is 5.75 Å². The number of rotatable bonds is 9. The number of aromatic nitrogens is 4. The van der Waals surface area contributed by atoms with Gasteiger partial charge in [0, 0.05) is 36.4 Å². The predicted octanol–water partition coefficient (Wildman–Crippen LogP) is 5.39. The van der Waals surface area contributed by atoms with Gasteiger partial charge in [-0.3, -0.25) is 9.78 Å². The summed E-state index contributed by atoms with van der Waals surface area (Å²) < 4.78 is 5.42. The van der Waals surface area contributed by atoms with Crippen molar-refractivity contribution in [3.05, 3.63) is 102 Å². The number of hydrogen-bond acceptors (Lipinski definition) is 8. The van der Waals surface area contributed by atoms with Crippen LogP contribution < -0.4 is 20.7 Å². The Bertz CT molecular complexity index is 1570. The summed E-state index contributed by atoms with van der Waals surface area (Å²) in [5.41, 5.74) is 5.55. The molecule has 0 saturated carbocycles. The maximum atomic E-state index is 12.4. The summed E-state index contributed by atoms with van der Waals surface area (Å²) in [5, 5.41) is 9.70. The summed E-state index contributed by atoms with van der Waals surface area (Å²) in [4.78, 5) is 30.1. The maximum absolute atomic E-state index is 12.4. The van der Waals surface area contributed by atoms with Crippen LogP contribution in [0.15, 0.2) is 85.3 Å². The normalized spacial score (nSPS) is 10.7. The first-order valence-corrected chi connectivity index (χ1v) is 12.2. The number of hydrogen-bond donors (Lipinski definition) is 3. The number of benzene rings is 3. The molecule has 0 aliphatic heterocycles. The summed E-state index contributed by atoms with van der Waals surface area (Å²) in [6.45, 7) is 2.63. The van der Waals surface area contributed by atoms with Crippen molar-refractivity contribution < 1.29 is 9.53 Å². The molecule has 38 heavy (non-hydrogen) atoms. The third kappa shape index (κ3) is 6.01. The molecule has 0 unspecified atom stereocenters. The van der Waals surface area contributed by atoms with Crippen molar-refractivity contribution in [2.45, 2.75) is 13.3 Å². The van der Waals surface area contributed by atoms with E-state index in [2.05, 4.69) is 25.9 Å². The smallest absolute Gasteiger partial charge is 0.275 e. The third-order valence-corrected chi connectivity index (χ3v) is 5.81. The highest BCUT2D eigenvalue weighted by atomic mass is 16.5. The van der Waals surface area contributed by atoms with Crippen LogP contribution in [0.2, 0.25) is 0 Å². The topological polar surface area (TPSA) is 114 Å². The number of carbonyl (C=O) groups excluding carboxylic acids is 1. The van der Waals surface area contributed by atoms with Gasteiger partial charge in [-0.05, 0) is 60.9 Å². The second-order valence-electron chi connectivity index (χ2n) is 8.70.